The van der Waals surface area contributed by atoms with E-state index in [2.05, 4.69) is 4.98 Å². The molecule has 0 bridgehead atoms. The molecule has 1 aliphatic carbocycles. The van der Waals surface area contributed by atoms with Gasteiger partial charge in [-0.05, 0) is 19.8 Å². The van der Waals surface area contributed by atoms with Gasteiger partial charge in [-0.2, -0.15) is 0 Å². The molecule has 0 aromatic carbocycles. The predicted molar refractivity (Wildman–Crippen MR) is 59.5 cm³/mol. The van der Waals surface area contributed by atoms with Gasteiger partial charge in [0.2, 0.25) is 5.89 Å². The molecule has 0 amide bonds. The highest BCUT2D eigenvalue weighted by atomic mass is 16.4. The van der Waals surface area contributed by atoms with Crippen LogP contribution in [0.15, 0.2) is 10.6 Å². The Morgan fingerprint density at radius 2 is 2.00 bits per heavy atom. The first-order valence-corrected chi connectivity index (χ1v) is 5.98. The number of aromatic nitrogens is 1. The highest BCUT2D eigenvalue weighted by Gasteiger charge is 2.19. The molecule has 1 unspecified atom stereocenters. The topological polar surface area (TPSA) is 52.0 Å². The van der Waals surface area contributed by atoms with Crippen LogP contribution < -0.4 is 5.73 Å². The van der Waals surface area contributed by atoms with Crippen LogP contribution in [-0.4, -0.2) is 4.98 Å². The summed E-state index contributed by atoms with van der Waals surface area (Å²) < 4.78 is 5.70. The van der Waals surface area contributed by atoms with Crippen molar-refractivity contribution in [1.29, 1.82) is 0 Å². The number of hydrogen-bond donors (Lipinski definition) is 1. The van der Waals surface area contributed by atoms with Gasteiger partial charge >= 0.3 is 0 Å². The molecule has 0 radical (unpaired) electrons. The Kier molecular flexibility index (Phi) is 3.41. The molecule has 3 heteroatoms. The average Bonchev–Trinajstić information content (AvgIpc) is 2.55. The molecule has 1 aromatic heterocycles. The molecule has 0 spiro atoms. The minimum atomic E-state index is -0.0930. The summed E-state index contributed by atoms with van der Waals surface area (Å²) in [6.07, 6.45) is 9.73. The summed E-state index contributed by atoms with van der Waals surface area (Å²) in [7, 11) is 0. The lowest BCUT2D eigenvalue weighted by molar-refractivity contribution is 0.389. The van der Waals surface area contributed by atoms with Crippen molar-refractivity contribution in [2.24, 2.45) is 5.73 Å². The number of hydrogen-bond acceptors (Lipinski definition) is 3. The quantitative estimate of drug-likeness (QED) is 0.760. The molecule has 1 aliphatic rings. The summed E-state index contributed by atoms with van der Waals surface area (Å²) >= 11 is 0. The minimum Gasteiger partial charge on any atom is -0.444 e. The molecule has 0 aliphatic heterocycles. The minimum absolute atomic E-state index is 0.0930. The van der Waals surface area contributed by atoms with Crippen LogP contribution in [0.25, 0.3) is 0 Å². The standard InChI is InChI=1S/C12H20N2O/c1-9(13)12-14-8-11(15-12)10-6-4-2-3-5-7-10/h8-10H,2-7,13H2,1H3. The number of oxazole rings is 1. The second-order valence-corrected chi connectivity index (χ2v) is 4.58. The summed E-state index contributed by atoms with van der Waals surface area (Å²) in [6, 6.07) is -0.0930. The van der Waals surface area contributed by atoms with Crippen LogP contribution >= 0.6 is 0 Å². The molecular formula is C12H20N2O. The van der Waals surface area contributed by atoms with Crippen LogP contribution in [-0.2, 0) is 0 Å². The lowest BCUT2D eigenvalue weighted by Crippen LogP contribution is -2.04. The third-order valence-electron chi connectivity index (χ3n) is 3.19. The monoisotopic (exact) mass is 208 g/mol. The first kappa shape index (κ1) is 10.7. The van der Waals surface area contributed by atoms with E-state index in [1.165, 1.54) is 38.5 Å². The fourth-order valence-corrected chi connectivity index (χ4v) is 2.26. The van der Waals surface area contributed by atoms with E-state index in [0.29, 0.717) is 11.8 Å². The molecule has 3 nitrogen and oxygen atoms in total. The Balaban J connectivity index is 2.06. The molecule has 1 saturated carbocycles. The molecule has 0 saturated heterocycles. The predicted octanol–water partition coefficient (Wildman–Crippen LogP) is 3.13. The van der Waals surface area contributed by atoms with E-state index in [-0.39, 0.29) is 6.04 Å². The maximum Gasteiger partial charge on any atom is 0.211 e. The number of nitrogens with two attached hydrogens (primary N) is 1. The SMILES string of the molecule is CC(N)c1ncc(C2CCCCCC2)o1. The molecule has 1 aromatic rings. The van der Waals surface area contributed by atoms with Crippen LogP contribution in [0, 0.1) is 0 Å². The smallest absolute Gasteiger partial charge is 0.211 e. The van der Waals surface area contributed by atoms with Gasteiger partial charge < -0.3 is 10.2 Å². The van der Waals surface area contributed by atoms with E-state index in [1.54, 1.807) is 0 Å². The molecule has 1 heterocycles. The molecular weight excluding hydrogens is 188 g/mol. The summed E-state index contributed by atoms with van der Waals surface area (Å²) in [6.45, 7) is 1.91. The summed E-state index contributed by atoms with van der Waals surface area (Å²) in [5, 5.41) is 0. The zero-order valence-electron chi connectivity index (χ0n) is 9.41. The zero-order valence-corrected chi connectivity index (χ0v) is 9.41. The Morgan fingerprint density at radius 3 is 2.53 bits per heavy atom. The lowest BCUT2D eigenvalue weighted by Gasteiger charge is -2.09. The third kappa shape index (κ3) is 2.59. The second kappa shape index (κ2) is 4.79. The van der Waals surface area contributed by atoms with E-state index in [4.69, 9.17) is 10.2 Å². The Labute approximate surface area is 91.1 Å². The maximum absolute atomic E-state index is 5.73. The largest absolute Gasteiger partial charge is 0.444 e. The van der Waals surface area contributed by atoms with Crippen LogP contribution in [0.3, 0.4) is 0 Å². The van der Waals surface area contributed by atoms with Gasteiger partial charge in [0.1, 0.15) is 5.76 Å². The molecule has 1 atom stereocenters. The Hall–Kier alpha value is -0.830. The Morgan fingerprint density at radius 1 is 1.33 bits per heavy atom. The molecule has 15 heavy (non-hydrogen) atoms. The summed E-state index contributed by atoms with van der Waals surface area (Å²) in [4.78, 5) is 4.23. The third-order valence-corrected chi connectivity index (χ3v) is 3.19. The first-order valence-electron chi connectivity index (χ1n) is 5.98. The normalized spacial score (nSPS) is 21.2. The molecule has 1 fully saturated rings. The molecule has 2 N–H and O–H groups in total. The van der Waals surface area contributed by atoms with Gasteiger partial charge in [-0.25, -0.2) is 4.98 Å². The zero-order chi connectivity index (χ0) is 10.7. The van der Waals surface area contributed by atoms with Crippen LogP contribution in [0.4, 0.5) is 0 Å². The van der Waals surface area contributed by atoms with Crippen LogP contribution in [0.2, 0.25) is 0 Å². The van der Waals surface area contributed by atoms with E-state index in [1.807, 2.05) is 13.1 Å². The van der Waals surface area contributed by atoms with Gasteiger partial charge in [-0.3, -0.25) is 0 Å². The van der Waals surface area contributed by atoms with Crippen LogP contribution in [0.1, 0.15) is 69.1 Å². The van der Waals surface area contributed by atoms with Gasteiger partial charge in [0.25, 0.3) is 0 Å². The van der Waals surface area contributed by atoms with Gasteiger partial charge in [0, 0.05) is 5.92 Å². The summed E-state index contributed by atoms with van der Waals surface area (Å²) in [5.74, 6) is 2.30. The van der Waals surface area contributed by atoms with Crippen LogP contribution in [0.5, 0.6) is 0 Å². The van der Waals surface area contributed by atoms with Crippen molar-refractivity contribution in [3.63, 3.8) is 0 Å². The first-order chi connectivity index (χ1) is 7.27. The van der Waals surface area contributed by atoms with Gasteiger partial charge in [-0.1, -0.05) is 25.7 Å². The van der Waals surface area contributed by atoms with E-state index < -0.39 is 0 Å². The van der Waals surface area contributed by atoms with Crippen molar-refractivity contribution in [2.75, 3.05) is 0 Å². The van der Waals surface area contributed by atoms with Crippen molar-refractivity contribution < 1.29 is 4.42 Å². The highest BCUT2D eigenvalue weighted by molar-refractivity contribution is 5.03. The van der Waals surface area contributed by atoms with E-state index in [0.717, 1.165) is 5.76 Å². The van der Waals surface area contributed by atoms with E-state index >= 15 is 0 Å². The number of rotatable bonds is 2. The Bertz CT molecular complexity index is 298. The fraction of sp³-hybridized carbons (Fsp3) is 0.750. The highest BCUT2D eigenvalue weighted by Crippen LogP contribution is 2.32. The van der Waals surface area contributed by atoms with E-state index in [9.17, 15) is 0 Å². The lowest BCUT2D eigenvalue weighted by atomic mass is 9.98. The molecule has 84 valence electrons. The second-order valence-electron chi connectivity index (χ2n) is 4.58. The van der Waals surface area contributed by atoms with Crippen molar-refractivity contribution in [1.82, 2.24) is 4.98 Å². The van der Waals surface area contributed by atoms with Gasteiger partial charge in [0.05, 0.1) is 12.2 Å². The van der Waals surface area contributed by atoms with Gasteiger partial charge in [0.15, 0.2) is 0 Å². The van der Waals surface area contributed by atoms with Crippen molar-refractivity contribution >= 4 is 0 Å². The van der Waals surface area contributed by atoms with Crippen molar-refractivity contribution in [3.05, 3.63) is 17.8 Å². The van der Waals surface area contributed by atoms with Crippen molar-refractivity contribution in [2.45, 2.75) is 57.4 Å². The average molecular weight is 208 g/mol. The number of nitrogens with zero attached hydrogens (tertiary/aromatic N) is 1. The van der Waals surface area contributed by atoms with Gasteiger partial charge in [-0.15, -0.1) is 0 Å². The van der Waals surface area contributed by atoms with Crippen molar-refractivity contribution in [3.8, 4) is 0 Å². The maximum atomic E-state index is 5.73. The fourth-order valence-electron chi connectivity index (χ4n) is 2.26. The molecule has 2 rings (SSSR count). The summed E-state index contributed by atoms with van der Waals surface area (Å²) in [5.41, 5.74) is 5.73.